The van der Waals surface area contributed by atoms with E-state index in [0.29, 0.717) is 6.42 Å². The average molecular weight is 355 g/mol. The maximum Gasteiger partial charge on any atom is 0.242 e. The van der Waals surface area contributed by atoms with Crippen molar-refractivity contribution in [2.75, 3.05) is 13.2 Å². The van der Waals surface area contributed by atoms with Crippen LogP contribution in [0.3, 0.4) is 0 Å². The molecule has 0 unspecified atom stereocenters. The molecule has 0 fully saturated rings. The van der Waals surface area contributed by atoms with Crippen LogP contribution in [0.15, 0.2) is 23.1 Å². The third-order valence-electron chi connectivity index (χ3n) is 2.54. The molecule has 21 heavy (non-hydrogen) atoms. The molecule has 0 radical (unpaired) electrons. The number of sulfonamides is 1. The largest absolute Gasteiger partial charge is 0.396 e. The predicted molar refractivity (Wildman–Crippen MR) is 81.0 cm³/mol. The number of aliphatic hydroxyl groups excluding tert-OH is 1. The van der Waals surface area contributed by atoms with Crippen molar-refractivity contribution < 1.29 is 18.3 Å². The highest BCUT2D eigenvalue weighted by molar-refractivity contribution is 7.89. The van der Waals surface area contributed by atoms with E-state index in [1.165, 1.54) is 25.1 Å². The minimum atomic E-state index is -3.96. The lowest BCUT2D eigenvalue weighted by Crippen LogP contribution is -2.45. The zero-order valence-corrected chi connectivity index (χ0v) is 13.6. The molecule has 1 rings (SSSR count). The van der Waals surface area contributed by atoms with Crippen molar-refractivity contribution in [1.29, 1.82) is 0 Å². The number of aliphatic hydroxyl groups is 1. The molecule has 0 saturated carbocycles. The molecule has 1 atom stereocenters. The van der Waals surface area contributed by atoms with E-state index in [9.17, 15) is 13.2 Å². The summed E-state index contributed by atoms with van der Waals surface area (Å²) in [6.45, 7) is 1.61. The van der Waals surface area contributed by atoms with Crippen LogP contribution in [-0.4, -0.2) is 38.6 Å². The quantitative estimate of drug-likeness (QED) is 0.640. The van der Waals surface area contributed by atoms with E-state index in [-0.39, 0.29) is 28.1 Å². The standard InChI is InChI=1S/C12H16Cl2N2O4S/c1-8(12(18)15-5-2-6-17)16-21(19,20)11-7-9(13)3-4-10(11)14/h3-4,7-8,16-17H,2,5-6H2,1H3,(H,15,18)/t8-/m0/s1. The summed E-state index contributed by atoms with van der Waals surface area (Å²) >= 11 is 11.6. The van der Waals surface area contributed by atoms with Crippen LogP contribution in [0.25, 0.3) is 0 Å². The first-order valence-corrected chi connectivity index (χ1v) is 8.38. The smallest absolute Gasteiger partial charge is 0.242 e. The number of amides is 1. The van der Waals surface area contributed by atoms with E-state index < -0.39 is 22.0 Å². The van der Waals surface area contributed by atoms with Gasteiger partial charge in [0.15, 0.2) is 0 Å². The molecular weight excluding hydrogens is 339 g/mol. The Balaban J connectivity index is 2.80. The fraction of sp³-hybridized carbons (Fsp3) is 0.417. The molecule has 0 aliphatic rings. The van der Waals surface area contributed by atoms with Crippen LogP contribution in [0.1, 0.15) is 13.3 Å². The zero-order valence-electron chi connectivity index (χ0n) is 11.3. The van der Waals surface area contributed by atoms with Crippen LogP contribution < -0.4 is 10.0 Å². The third-order valence-corrected chi connectivity index (χ3v) is 4.80. The summed E-state index contributed by atoms with van der Waals surface area (Å²) in [7, 11) is -3.96. The molecule has 1 amide bonds. The molecule has 1 aromatic carbocycles. The van der Waals surface area contributed by atoms with Crippen molar-refractivity contribution in [3.8, 4) is 0 Å². The predicted octanol–water partition coefficient (Wildman–Crippen LogP) is 1.16. The number of hydrogen-bond acceptors (Lipinski definition) is 4. The molecule has 0 bridgehead atoms. The van der Waals surface area contributed by atoms with Gasteiger partial charge >= 0.3 is 0 Å². The third kappa shape index (κ3) is 5.44. The number of halogens is 2. The van der Waals surface area contributed by atoms with E-state index >= 15 is 0 Å². The lowest BCUT2D eigenvalue weighted by Gasteiger charge is -2.15. The van der Waals surface area contributed by atoms with Gasteiger partial charge in [-0.25, -0.2) is 8.42 Å². The highest BCUT2D eigenvalue weighted by atomic mass is 35.5. The molecule has 0 spiro atoms. The van der Waals surface area contributed by atoms with E-state index in [0.717, 1.165) is 0 Å². The van der Waals surface area contributed by atoms with E-state index in [1.807, 2.05) is 0 Å². The van der Waals surface area contributed by atoms with Crippen molar-refractivity contribution in [3.63, 3.8) is 0 Å². The van der Waals surface area contributed by atoms with Crippen molar-refractivity contribution in [2.45, 2.75) is 24.3 Å². The second-order valence-corrected chi connectivity index (χ2v) is 6.81. The molecule has 0 aliphatic carbocycles. The maximum atomic E-state index is 12.2. The van der Waals surface area contributed by atoms with Gasteiger partial charge in [0.25, 0.3) is 0 Å². The Labute approximate surface area is 133 Å². The number of benzene rings is 1. The molecule has 9 heteroatoms. The summed E-state index contributed by atoms with van der Waals surface area (Å²) < 4.78 is 26.6. The van der Waals surface area contributed by atoms with Crippen molar-refractivity contribution >= 4 is 39.1 Å². The van der Waals surface area contributed by atoms with Gasteiger partial charge in [-0.2, -0.15) is 4.72 Å². The fourth-order valence-corrected chi connectivity index (χ4v) is 3.44. The van der Waals surface area contributed by atoms with E-state index in [4.69, 9.17) is 28.3 Å². The van der Waals surface area contributed by atoms with Crippen molar-refractivity contribution in [1.82, 2.24) is 10.0 Å². The second-order valence-electron chi connectivity index (χ2n) is 4.29. The fourth-order valence-electron chi connectivity index (χ4n) is 1.48. The average Bonchev–Trinajstić information content (AvgIpc) is 2.41. The van der Waals surface area contributed by atoms with Gasteiger partial charge in [-0.1, -0.05) is 23.2 Å². The summed E-state index contributed by atoms with van der Waals surface area (Å²) in [5.41, 5.74) is 0. The van der Waals surface area contributed by atoms with Gasteiger partial charge in [0, 0.05) is 18.2 Å². The lowest BCUT2D eigenvalue weighted by atomic mass is 10.3. The molecule has 0 aromatic heterocycles. The Bertz CT molecular complexity index is 607. The second kappa shape index (κ2) is 7.95. The first-order valence-electron chi connectivity index (χ1n) is 6.14. The summed E-state index contributed by atoms with van der Waals surface area (Å²) in [5.74, 6) is -0.495. The van der Waals surface area contributed by atoms with Crippen molar-refractivity contribution in [3.05, 3.63) is 28.2 Å². The molecular formula is C12H16Cl2N2O4S. The molecule has 118 valence electrons. The monoisotopic (exact) mass is 354 g/mol. The maximum absolute atomic E-state index is 12.2. The molecule has 0 heterocycles. The Morgan fingerprint density at radius 3 is 2.67 bits per heavy atom. The van der Waals surface area contributed by atoms with Gasteiger partial charge in [-0.15, -0.1) is 0 Å². The number of rotatable bonds is 7. The normalized spacial score (nSPS) is 13.0. The van der Waals surface area contributed by atoms with E-state index in [1.54, 1.807) is 0 Å². The van der Waals surface area contributed by atoms with Crippen LogP contribution in [0.5, 0.6) is 0 Å². The van der Waals surface area contributed by atoms with Crippen molar-refractivity contribution in [2.24, 2.45) is 0 Å². The molecule has 3 N–H and O–H groups in total. The molecule has 6 nitrogen and oxygen atoms in total. The topological polar surface area (TPSA) is 95.5 Å². The van der Waals surface area contributed by atoms with Gasteiger partial charge < -0.3 is 10.4 Å². The molecule has 0 saturated heterocycles. The lowest BCUT2D eigenvalue weighted by molar-refractivity contribution is -0.122. The highest BCUT2D eigenvalue weighted by Gasteiger charge is 2.24. The van der Waals surface area contributed by atoms with Crippen LogP contribution in [0.4, 0.5) is 0 Å². The highest BCUT2D eigenvalue weighted by Crippen LogP contribution is 2.24. The van der Waals surface area contributed by atoms with Gasteiger partial charge in [0.1, 0.15) is 4.90 Å². The van der Waals surface area contributed by atoms with Crippen LogP contribution >= 0.6 is 23.2 Å². The summed E-state index contributed by atoms with van der Waals surface area (Å²) in [6.07, 6.45) is 0.394. The first kappa shape index (κ1) is 18.2. The van der Waals surface area contributed by atoms with Crippen LogP contribution in [-0.2, 0) is 14.8 Å². The van der Waals surface area contributed by atoms with Gasteiger partial charge in [-0.05, 0) is 31.5 Å². The minimum Gasteiger partial charge on any atom is -0.396 e. The Morgan fingerprint density at radius 2 is 2.05 bits per heavy atom. The summed E-state index contributed by atoms with van der Waals surface area (Å²) in [5, 5.41) is 11.4. The van der Waals surface area contributed by atoms with Gasteiger partial charge in [0.2, 0.25) is 15.9 Å². The molecule has 1 aromatic rings. The Hall–Kier alpha value is -0.860. The Morgan fingerprint density at radius 1 is 1.38 bits per heavy atom. The van der Waals surface area contributed by atoms with Crippen LogP contribution in [0.2, 0.25) is 10.0 Å². The SMILES string of the molecule is C[C@H](NS(=O)(=O)c1cc(Cl)ccc1Cl)C(=O)NCCCO. The Kier molecular flexibility index (Phi) is 6.89. The first-order chi connectivity index (χ1) is 9.77. The van der Waals surface area contributed by atoms with Gasteiger partial charge in [0.05, 0.1) is 11.1 Å². The number of carbonyl (C=O) groups is 1. The van der Waals surface area contributed by atoms with Crippen LogP contribution in [0, 0.1) is 0 Å². The molecule has 0 aliphatic heterocycles. The summed E-state index contributed by atoms with van der Waals surface area (Å²) in [4.78, 5) is 11.5. The van der Waals surface area contributed by atoms with E-state index in [2.05, 4.69) is 10.0 Å². The number of nitrogens with one attached hydrogen (secondary N) is 2. The van der Waals surface area contributed by atoms with Gasteiger partial charge in [-0.3, -0.25) is 4.79 Å². The number of hydrogen-bond donors (Lipinski definition) is 3. The zero-order chi connectivity index (χ0) is 16.0. The summed E-state index contributed by atoms with van der Waals surface area (Å²) in [6, 6.07) is 3.06. The number of carbonyl (C=O) groups excluding carboxylic acids is 1. The minimum absolute atomic E-state index is 0.0137.